The summed E-state index contributed by atoms with van der Waals surface area (Å²) < 4.78 is 1.95. The van der Waals surface area contributed by atoms with Crippen LogP contribution in [-0.2, 0) is 4.79 Å². The zero-order chi connectivity index (χ0) is 18.3. The van der Waals surface area contributed by atoms with Gasteiger partial charge in [0.05, 0.1) is 17.4 Å². The monoisotopic (exact) mass is 352 g/mol. The Hall–Kier alpha value is -2.14. The van der Waals surface area contributed by atoms with Gasteiger partial charge in [0.2, 0.25) is 5.91 Å². The molecule has 1 spiro atoms. The summed E-state index contributed by atoms with van der Waals surface area (Å²) in [6, 6.07) is 10.4. The lowest BCUT2D eigenvalue weighted by Crippen LogP contribution is -2.34. The van der Waals surface area contributed by atoms with E-state index in [-0.39, 0.29) is 23.3 Å². The third-order valence-corrected chi connectivity index (χ3v) is 6.11. The average Bonchev–Trinajstić information content (AvgIpc) is 3.21. The lowest BCUT2D eigenvalue weighted by molar-refractivity contribution is -0.123. The van der Waals surface area contributed by atoms with Crippen molar-refractivity contribution in [2.45, 2.75) is 46.1 Å². The molecule has 1 saturated carbocycles. The van der Waals surface area contributed by atoms with Crippen molar-refractivity contribution in [1.82, 2.24) is 20.4 Å². The molecule has 5 nitrogen and oxygen atoms in total. The topological polar surface area (TPSA) is 59.0 Å². The second-order valence-electron chi connectivity index (χ2n) is 8.03. The summed E-state index contributed by atoms with van der Waals surface area (Å²) in [5.74, 6) is 0.433. The second-order valence-corrected chi connectivity index (χ2v) is 8.03. The highest BCUT2D eigenvalue weighted by atomic mass is 16.2. The normalized spacial score (nSPS) is 22.2. The van der Waals surface area contributed by atoms with Crippen LogP contribution in [0.4, 0.5) is 0 Å². The first kappa shape index (κ1) is 17.3. The van der Waals surface area contributed by atoms with Gasteiger partial charge in [-0.3, -0.25) is 4.79 Å². The highest BCUT2D eigenvalue weighted by Crippen LogP contribution is 2.58. The van der Waals surface area contributed by atoms with E-state index >= 15 is 0 Å². The first-order valence-corrected chi connectivity index (χ1v) is 9.63. The van der Waals surface area contributed by atoms with E-state index in [4.69, 9.17) is 0 Å². The minimum absolute atomic E-state index is 0.0244. The second kappa shape index (κ2) is 6.54. The molecule has 1 aromatic carbocycles. The number of hydrogen-bond donors (Lipinski definition) is 2. The Bertz CT molecular complexity index is 802. The Balaban J connectivity index is 1.40. The lowest BCUT2D eigenvalue weighted by atomic mass is 9.91. The Kier molecular flexibility index (Phi) is 4.35. The minimum Gasteiger partial charge on any atom is -0.349 e. The van der Waals surface area contributed by atoms with Gasteiger partial charge in [0.1, 0.15) is 0 Å². The molecular formula is C21H28N4O. The quantitative estimate of drug-likeness (QED) is 0.889. The van der Waals surface area contributed by atoms with Gasteiger partial charge < -0.3 is 10.6 Å². The number of hydrogen-bond acceptors (Lipinski definition) is 3. The van der Waals surface area contributed by atoms with Gasteiger partial charge in [0.15, 0.2) is 0 Å². The molecule has 5 heteroatoms. The number of amides is 1. The van der Waals surface area contributed by atoms with Crippen molar-refractivity contribution < 1.29 is 4.79 Å². The van der Waals surface area contributed by atoms with Crippen molar-refractivity contribution in [3.05, 3.63) is 47.3 Å². The summed E-state index contributed by atoms with van der Waals surface area (Å²) in [4.78, 5) is 12.7. The number of carbonyl (C=O) groups is 1. The largest absolute Gasteiger partial charge is 0.349 e. The summed E-state index contributed by atoms with van der Waals surface area (Å²) in [5, 5.41) is 11.1. The summed E-state index contributed by atoms with van der Waals surface area (Å²) in [5.41, 5.74) is 4.60. The van der Waals surface area contributed by atoms with Crippen molar-refractivity contribution in [2.24, 2.45) is 11.3 Å². The Morgan fingerprint density at radius 2 is 1.96 bits per heavy atom. The first-order chi connectivity index (χ1) is 12.5. The number of piperidine rings is 1. The lowest BCUT2D eigenvalue weighted by Gasteiger charge is -2.24. The van der Waals surface area contributed by atoms with E-state index in [0.29, 0.717) is 0 Å². The molecule has 2 unspecified atom stereocenters. The molecule has 0 radical (unpaired) electrons. The van der Waals surface area contributed by atoms with Crippen LogP contribution in [0.1, 0.15) is 49.2 Å². The van der Waals surface area contributed by atoms with Gasteiger partial charge in [0, 0.05) is 11.6 Å². The molecule has 1 amide bonds. The van der Waals surface area contributed by atoms with E-state index in [0.717, 1.165) is 55.0 Å². The predicted molar refractivity (Wildman–Crippen MR) is 102 cm³/mol. The van der Waals surface area contributed by atoms with E-state index in [9.17, 15) is 4.79 Å². The van der Waals surface area contributed by atoms with E-state index in [1.807, 2.05) is 11.6 Å². The number of benzene rings is 1. The summed E-state index contributed by atoms with van der Waals surface area (Å²) in [7, 11) is 0. The number of rotatable bonds is 4. The first-order valence-electron chi connectivity index (χ1n) is 9.63. The van der Waals surface area contributed by atoms with E-state index in [1.165, 1.54) is 0 Å². The van der Waals surface area contributed by atoms with Crippen LogP contribution in [0.5, 0.6) is 0 Å². The molecule has 0 bridgehead atoms. The van der Waals surface area contributed by atoms with Crippen LogP contribution < -0.4 is 10.6 Å². The molecule has 2 N–H and O–H groups in total. The molecule has 1 saturated heterocycles. The Labute approximate surface area is 155 Å². The van der Waals surface area contributed by atoms with Crippen molar-refractivity contribution >= 4 is 5.91 Å². The molecule has 2 fully saturated rings. The SMILES string of the molecule is Cc1cc(C)n(-c2ccc(C(C)NC(=O)C3CC34CCNCC4)cc2)n1. The fourth-order valence-electron chi connectivity index (χ4n) is 4.39. The van der Waals surface area contributed by atoms with Crippen LogP contribution in [0.3, 0.4) is 0 Å². The summed E-state index contributed by atoms with van der Waals surface area (Å²) >= 11 is 0. The summed E-state index contributed by atoms with van der Waals surface area (Å²) in [6.45, 7) is 8.22. The Morgan fingerprint density at radius 3 is 2.58 bits per heavy atom. The minimum atomic E-state index is 0.0244. The average molecular weight is 352 g/mol. The fraction of sp³-hybridized carbons (Fsp3) is 0.524. The number of nitrogens with one attached hydrogen (secondary N) is 2. The molecular weight excluding hydrogens is 324 g/mol. The fourth-order valence-corrected chi connectivity index (χ4v) is 4.39. The number of nitrogens with zero attached hydrogens (tertiary/aromatic N) is 2. The van der Waals surface area contributed by atoms with Gasteiger partial charge in [-0.15, -0.1) is 0 Å². The van der Waals surface area contributed by atoms with Gasteiger partial charge in [-0.25, -0.2) is 4.68 Å². The van der Waals surface area contributed by atoms with Crippen molar-refractivity contribution in [3.63, 3.8) is 0 Å². The molecule has 26 heavy (non-hydrogen) atoms. The maximum atomic E-state index is 12.7. The maximum absolute atomic E-state index is 12.7. The molecule has 1 aromatic heterocycles. The van der Waals surface area contributed by atoms with E-state index in [2.05, 4.69) is 59.9 Å². The molecule has 2 heterocycles. The summed E-state index contributed by atoms with van der Waals surface area (Å²) in [6.07, 6.45) is 3.33. The molecule has 138 valence electrons. The van der Waals surface area contributed by atoms with Crippen LogP contribution in [-0.4, -0.2) is 28.8 Å². The van der Waals surface area contributed by atoms with Crippen molar-refractivity contribution in [3.8, 4) is 5.69 Å². The molecule has 1 aliphatic heterocycles. The van der Waals surface area contributed by atoms with Crippen LogP contribution in [0.25, 0.3) is 5.69 Å². The maximum Gasteiger partial charge on any atom is 0.224 e. The Morgan fingerprint density at radius 1 is 1.27 bits per heavy atom. The van der Waals surface area contributed by atoms with Gasteiger partial charge in [-0.05, 0) is 82.3 Å². The smallest absolute Gasteiger partial charge is 0.224 e. The standard InChI is InChI=1S/C21H28N4O/c1-14-12-15(2)25(24-14)18-6-4-17(5-7-18)16(3)23-20(26)19-13-21(19)8-10-22-11-9-21/h4-7,12,16,19,22H,8-11,13H2,1-3H3,(H,23,26). The van der Waals surface area contributed by atoms with E-state index < -0.39 is 0 Å². The van der Waals surface area contributed by atoms with Crippen molar-refractivity contribution in [1.29, 1.82) is 0 Å². The molecule has 2 aromatic rings. The number of aromatic nitrogens is 2. The molecule has 1 aliphatic carbocycles. The zero-order valence-corrected chi connectivity index (χ0v) is 15.9. The molecule has 4 rings (SSSR count). The van der Waals surface area contributed by atoms with Crippen LogP contribution in [0.15, 0.2) is 30.3 Å². The van der Waals surface area contributed by atoms with Crippen molar-refractivity contribution in [2.75, 3.05) is 13.1 Å². The number of aryl methyl sites for hydroxylation is 2. The van der Waals surface area contributed by atoms with Gasteiger partial charge >= 0.3 is 0 Å². The third kappa shape index (κ3) is 3.16. The molecule has 2 aliphatic rings. The van der Waals surface area contributed by atoms with Crippen LogP contribution >= 0.6 is 0 Å². The van der Waals surface area contributed by atoms with Gasteiger partial charge in [-0.1, -0.05) is 12.1 Å². The van der Waals surface area contributed by atoms with Gasteiger partial charge in [-0.2, -0.15) is 5.10 Å². The highest BCUT2D eigenvalue weighted by molar-refractivity contribution is 5.83. The predicted octanol–water partition coefficient (Wildman–Crippen LogP) is 3.06. The van der Waals surface area contributed by atoms with Gasteiger partial charge in [0.25, 0.3) is 0 Å². The number of carbonyl (C=O) groups excluding carboxylic acids is 1. The third-order valence-electron chi connectivity index (χ3n) is 6.11. The van der Waals surface area contributed by atoms with Crippen LogP contribution in [0, 0.1) is 25.2 Å². The van der Waals surface area contributed by atoms with E-state index in [1.54, 1.807) is 0 Å². The molecule has 2 atom stereocenters. The van der Waals surface area contributed by atoms with Crippen LogP contribution in [0.2, 0.25) is 0 Å². The highest BCUT2D eigenvalue weighted by Gasteiger charge is 2.57. The zero-order valence-electron chi connectivity index (χ0n) is 15.9.